The fraction of sp³-hybridized carbons (Fsp3) is 0.700. The molecule has 1 fully saturated rings. The number of aromatic nitrogens is 1. The topological polar surface area (TPSA) is 54.2 Å². The maximum Gasteiger partial charge on any atom is 0.184 e. The molecule has 1 saturated carbocycles. The summed E-state index contributed by atoms with van der Waals surface area (Å²) in [6, 6.07) is 0. The van der Waals surface area contributed by atoms with Crippen molar-refractivity contribution in [3.8, 4) is 0 Å². The molecule has 0 saturated heterocycles. The van der Waals surface area contributed by atoms with Crippen molar-refractivity contribution >= 4 is 21.5 Å². The van der Waals surface area contributed by atoms with Crippen LogP contribution in [0.1, 0.15) is 19.3 Å². The molecule has 1 aromatic rings. The summed E-state index contributed by atoms with van der Waals surface area (Å²) in [5.41, 5.74) is 5.96. The van der Waals surface area contributed by atoms with E-state index in [9.17, 15) is 0 Å². The number of thiazole rings is 1. The molecule has 84 valence electrons. The average molecular weight is 226 g/mol. The standard InChI is InChI=1S/C10H18N4S/c1-14(2)10(4-3-5-10)7-13-9-12-6-8(11)15-9/h6H,3-5,7,11H2,1-2H3,(H,12,13). The first-order chi connectivity index (χ1) is 7.12. The quantitative estimate of drug-likeness (QED) is 0.819. The third-order valence-corrected chi connectivity index (χ3v) is 4.11. The first-order valence-electron chi connectivity index (χ1n) is 5.25. The summed E-state index contributed by atoms with van der Waals surface area (Å²) in [4.78, 5) is 6.52. The lowest BCUT2D eigenvalue weighted by Crippen LogP contribution is -2.54. The van der Waals surface area contributed by atoms with Gasteiger partial charge in [-0.15, -0.1) is 0 Å². The van der Waals surface area contributed by atoms with Gasteiger partial charge in [-0.1, -0.05) is 11.3 Å². The van der Waals surface area contributed by atoms with E-state index in [1.54, 1.807) is 6.20 Å². The number of nitrogens with zero attached hydrogens (tertiary/aromatic N) is 2. The number of anilines is 2. The van der Waals surface area contributed by atoms with Crippen molar-refractivity contribution in [2.75, 3.05) is 31.7 Å². The van der Waals surface area contributed by atoms with E-state index >= 15 is 0 Å². The lowest BCUT2D eigenvalue weighted by molar-refractivity contribution is 0.0739. The van der Waals surface area contributed by atoms with Crippen molar-refractivity contribution in [1.82, 2.24) is 9.88 Å². The second kappa shape index (κ2) is 3.98. The van der Waals surface area contributed by atoms with Crippen LogP contribution in [0.15, 0.2) is 6.20 Å². The number of hydrogen-bond acceptors (Lipinski definition) is 5. The van der Waals surface area contributed by atoms with E-state index in [0.717, 1.165) is 16.7 Å². The molecule has 0 atom stereocenters. The molecule has 0 aliphatic heterocycles. The van der Waals surface area contributed by atoms with Gasteiger partial charge in [-0.25, -0.2) is 4.98 Å². The molecule has 0 aromatic carbocycles. The molecule has 1 aliphatic rings. The highest BCUT2D eigenvalue weighted by molar-refractivity contribution is 7.19. The SMILES string of the molecule is CN(C)C1(CNc2ncc(N)s2)CCC1. The fourth-order valence-electron chi connectivity index (χ4n) is 1.98. The molecule has 0 bridgehead atoms. The molecule has 0 radical (unpaired) electrons. The molecule has 0 unspecified atom stereocenters. The van der Waals surface area contributed by atoms with E-state index in [4.69, 9.17) is 5.73 Å². The van der Waals surface area contributed by atoms with Crippen LogP contribution >= 0.6 is 11.3 Å². The number of nitrogen functional groups attached to an aromatic ring is 1. The maximum absolute atomic E-state index is 5.63. The van der Waals surface area contributed by atoms with Gasteiger partial charge >= 0.3 is 0 Å². The Balaban J connectivity index is 1.92. The van der Waals surface area contributed by atoms with E-state index in [-0.39, 0.29) is 0 Å². The van der Waals surface area contributed by atoms with Crippen molar-refractivity contribution in [2.45, 2.75) is 24.8 Å². The first kappa shape index (κ1) is 10.7. The number of likely N-dealkylation sites (N-methyl/N-ethyl adjacent to an activating group) is 1. The minimum Gasteiger partial charge on any atom is -0.389 e. The highest BCUT2D eigenvalue weighted by atomic mass is 32.1. The molecule has 4 nitrogen and oxygen atoms in total. The Morgan fingerprint density at radius 1 is 1.60 bits per heavy atom. The third-order valence-electron chi connectivity index (χ3n) is 3.33. The fourth-order valence-corrected chi connectivity index (χ4v) is 2.55. The number of hydrogen-bond donors (Lipinski definition) is 2. The van der Waals surface area contributed by atoms with Gasteiger partial charge in [0.15, 0.2) is 5.13 Å². The van der Waals surface area contributed by atoms with E-state index in [1.165, 1.54) is 30.6 Å². The molecule has 0 amide bonds. The van der Waals surface area contributed by atoms with E-state index in [1.807, 2.05) is 0 Å². The number of rotatable bonds is 4. The van der Waals surface area contributed by atoms with Crippen molar-refractivity contribution in [3.63, 3.8) is 0 Å². The lowest BCUT2D eigenvalue weighted by Gasteiger charge is -2.47. The zero-order valence-electron chi connectivity index (χ0n) is 9.29. The highest BCUT2D eigenvalue weighted by Crippen LogP contribution is 2.36. The van der Waals surface area contributed by atoms with E-state index < -0.39 is 0 Å². The smallest absolute Gasteiger partial charge is 0.184 e. The number of nitrogens with two attached hydrogens (primary N) is 1. The van der Waals surface area contributed by atoms with Gasteiger partial charge in [0, 0.05) is 12.1 Å². The van der Waals surface area contributed by atoms with Gasteiger partial charge in [0.25, 0.3) is 0 Å². The minimum absolute atomic E-state index is 0.334. The Morgan fingerprint density at radius 3 is 2.73 bits per heavy atom. The molecule has 1 aromatic heterocycles. The summed E-state index contributed by atoms with van der Waals surface area (Å²) >= 11 is 1.51. The minimum atomic E-state index is 0.334. The molecule has 2 rings (SSSR count). The Hall–Kier alpha value is -0.810. The second-order valence-corrected chi connectivity index (χ2v) is 5.46. The van der Waals surface area contributed by atoms with Crippen LogP contribution in [-0.4, -0.2) is 36.1 Å². The summed E-state index contributed by atoms with van der Waals surface area (Å²) in [7, 11) is 4.30. The summed E-state index contributed by atoms with van der Waals surface area (Å²) in [6.07, 6.45) is 5.58. The van der Waals surface area contributed by atoms with Crippen molar-refractivity contribution in [1.29, 1.82) is 0 Å². The van der Waals surface area contributed by atoms with Crippen LogP contribution in [0.2, 0.25) is 0 Å². The van der Waals surface area contributed by atoms with Crippen LogP contribution in [0.4, 0.5) is 10.1 Å². The van der Waals surface area contributed by atoms with Crippen LogP contribution in [0.3, 0.4) is 0 Å². The summed E-state index contributed by atoms with van der Waals surface area (Å²) in [5.74, 6) is 0. The van der Waals surface area contributed by atoms with E-state index in [2.05, 4.69) is 29.3 Å². The van der Waals surface area contributed by atoms with Crippen LogP contribution in [0.25, 0.3) is 0 Å². The third kappa shape index (κ3) is 2.08. The van der Waals surface area contributed by atoms with E-state index in [0.29, 0.717) is 5.54 Å². The Bertz CT molecular complexity index is 330. The van der Waals surface area contributed by atoms with Crippen LogP contribution < -0.4 is 11.1 Å². The van der Waals surface area contributed by atoms with Gasteiger partial charge in [-0.3, -0.25) is 0 Å². The Kier molecular flexibility index (Phi) is 2.84. The second-order valence-electron chi connectivity index (χ2n) is 4.39. The Labute approximate surface area is 94.5 Å². The van der Waals surface area contributed by atoms with Gasteiger partial charge in [-0.05, 0) is 33.4 Å². The monoisotopic (exact) mass is 226 g/mol. The molecule has 3 N–H and O–H groups in total. The molecule has 15 heavy (non-hydrogen) atoms. The van der Waals surface area contributed by atoms with Crippen LogP contribution in [-0.2, 0) is 0 Å². The predicted molar refractivity (Wildman–Crippen MR) is 65.3 cm³/mol. The largest absolute Gasteiger partial charge is 0.389 e. The molecule has 0 spiro atoms. The average Bonchev–Trinajstić information content (AvgIpc) is 2.49. The molecular weight excluding hydrogens is 208 g/mol. The zero-order valence-corrected chi connectivity index (χ0v) is 10.1. The van der Waals surface area contributed by atoms with Crippen molar-refractivity contribution in [2.24, 2.45) is 0 Å². The maximum atomic E-state index is 5.63. The molecule has 1 heterocycles. The highest BCUT2D eigenvalue weighted by Gasteiger charge is 2.38. The molecule has 5 heteroatoms. The zero-order chi connectivity index (χ0) is 10.9. The predicted octanol–water partition coefficient (Wildman–Crippen LogP) is 1.62. The van der Waals surface area contributed by atoms with Crippen LogP contribution in [0, 0.1) is 0 Å². The lowest BCUT2D eigenvalue weighted by atomic mass is 9.75. The van der Waals surface area contributed by atoms with Crippen LogP contribution in [0.5, 0.6) is 0 Å². The van der Waals surface area contributed by atoms with Crippen molar-refractivity contribution < 1.29 is 0 Å². The number of nitrogens with one attached hydrogen (secondary N) is 1. The van der Waals surface area contributed by atoms with Gasteiger partial charge in [0.2, 0.25) is 0 Å². The molecular formula is C10H18N4S. The summed E-state index contributed by atoms with van der Waals surface area (Å²) in [6.45, 7) is 0.965. The van der Waals surface area contributed by atoms with Gasteiger partial charge in [0.05, 0.1) is 6.20 Å². The normalized spacial score (nSPS) is 18.9. The van der Waals surface area contributed by atoms with Gasteiger partial charge in [-0.2, -0.15) is 0 Å². The summed E-state index contributed by atoms with van der Waals surface area (Å²) in [5, 5.41) is 5.07. The van der Waals surface area contributed by atoms with Gasteiger partial charge in [0.1, 0.15) is 5.00 Å². The Morgan fingerprint density at radius 2 is 2.33 bits per heavy atom. The van der Waals surface area contributed by atoms with Gasteiger partial charge < -0.3 is 16.0 Å². The molecule has 1 aliphatic carbocycles. The first-order valence-corrected chi connectivity index (χ1v) is 6.07. The van der Waals surface area contributed by atoms with Crippen molar-refractivity contribution in [3.05, 3.63) is 6.20 Å². The summed E-state index contributed by atoms with van der Waals surface area (Å²) < 4.78 is 0.